The third-order valence-corrected chi connectivity index (χ3v) is 7.63. The number of unbranched alkanes of at least 4 members (excludes halogenated alkanes) is 1. The van der Waals surface area contributed by atoms with Crippen molar-refractivity contribution >= 4 is 23.4 Å². The number of rotatable bonds is 11. The fourth-order valence-electron chi connectivity index (χ4n) is 6.11. The maximum Gasteiger partial charge on any atom is 0.245 e. The molecule has 3 aliphatic heterocycles. The highest BCUT2D eigenvalue weighted by Crippen LogP contribution is 2.63. The number of carbonyl (C=O) groups is 3. The van der Waals surface area contributed by atoms with Crippen LogP contribution >= 0.6 is 0 Å². The number of carbonyl (C=O) groups excluding carboxylic acids is 3. The van der Waals surface area contributed by atoms with Crippen molar-refractivity contribution < 1.29 is 29.0 Å². The van der Waals surface area contributed by atoms with E-state index in [0.29, 0.717) is 43.9 Å². The van der Waals surface area contributed by atoms with Gasteiger partial charge < -0.3 is 30.1 Å². The van der Waals surface area contributed by atoms with Crippen molar-refractivity contribution in [3.63, 3.8) is 0 Å². The van der Waals surface area contributed by atoms with Crippen LogP contribution in [0.25, 0.3) is 0 Å². The molecule has 3 fully saturated rings. The topological polar surface area (TPSA) is 117 Å². The number of anilines is 1. The van der Waals surface area contributed by atoms with E-state index in [0.717, 1.165) is 12.8 Å². The molecule has 192 valence electrons. The van der Waals surface area contributed by atoms with Gasteiger partial charge >= 0.3 is 0 Å². The third kappa shape index (κ3) is 4.40. The van der Waals surface area contributed by atoms with Gasteiger partial charge in [0, 0.05) is 25.4 Å². The average molecular weight is 488 g/mol. The van der Waals surface area contributed by atoms with Crippen LogP contribution in [0.4, 0.5) is 5.69 Å². The summed E-state index contributed by atoms with van der Waals surface area (Å²) in [7, 11) is 0. The quantitative estimate of drug-likeness (QED) is 0.412. The molecule has 0 radical (unpaired) electrons. The van der Waals surface area contributed by atoms with Gasteiger partial charge in [-0.3, -0.25) is 14.4 Å². The van der Waals surface area contributed by atoms with Crippen LogP contribution in [0.3, 0.4) is 0 Å². The maximum absolute atomic E-state index is 13.7. The van der Waals surface area contributed by atoms with E-state index in [1.54, 1.807) is 24.3 Å². The van der Waals surface area contributed by atoms with Crippen LogP contribution in [-0.4, -0.2) is 71.3 Å². The van der Waals surface area contributed by atoms with Gasteiger partial charge in [0.05, 0.1) is 24.0 Å². The molecule has 5 atom stereocenters. The zero-order chi connectivity index (χ0) is 25.2. The second-order valence-electron chi connectivity index (χ2n) is 9.93. The molecule has 3 heterocycles. The monoisotopic (exact) mass is 487 g/mol. The largest absolute Gasteiger partial charge is 0.494 e. The summed E-state index contributed by atoms with van der Waals surface area (Å²) >= 11 is 0. The van der Waals surface area contributed by atoms with Crippen LogP contribution in [0.1, 0.15) is 52.9 Å². The molecule has 0 aromatic heterocycles. The summed E-state index contributed by atoms with van der Waals surface area (Å²) < 4.78 is 12.0. The molecule has 1 aromatic carbocycles. The molecule has 9 heteroatoms. The van der Waals surface area contributed by atoms with Crippen molar-refractivity contribution in [3.05, 3.63) is 24.3 Å². The number of nitrogens with zero attached hydrogens (tertiary/aromatic N) is 1. The lowest BCUT2D eigenvalue weighted by Crippen LogP contribution is -2.55. The van der Waals surface area contributed by atoms with Gasteiger partial charge in [-0.05, 0) is 63.8 Å². The van der Waals surface area contributed by atoms with Gasteiger partial charge in [-0.25, -0.2) is 0 Å². The molecule has 9 nitrogen and oxygen atoms in total. The Morgan fingerprint density at radius 3 is 2.57 bits per heavy atom. The molecule has 3 saturated heterocycles. The van der Waals surface area contributed by atoms with E-state index < -0.39 is 29.1 Å². The number of hydrogen-bond acceptors (Lipinski definition) is 6. The summed E-state index contributed by atoms with van der Waals surface area (Å²) in [4.78, 5) is 42.2. The van der Waals surface area contributed by atoms with E-state index in [9.17, 15) is 19.5 Å². The molecule has 2 unspecified atom stereocenters. The lowest BCUT2D eigenvalue weighted by atomic mass is 9.66. The number of ether oxygens (including phenoxy) is 2. The highest BCUT2D eigenvalue weighted by molar-refractivity contribution is 6.02. The molecule has 1 aromatic rings. The third-order valence-electron chi connectivity index (χ3n) is 7.63. The first-order valence-electron chi connectivity index (χ1n) is 12.7. The van der Waals surface area contributed by atoms with Gasteiger partial charge in [-0.2, -0.15) is 0 Å². The molecular formula is C26H37N3O6. The number of fused-ring (bicyclic) bond motifs is 1. The van der Waals surface area contributed by atoms with E-state index >= 15 is 0 Å². The number of aliphatic hydroxyl groups is 1. The van der Waals surface area contributed by atoms with Crippen LogP contribution in [0.2, 0.25) is 0 Å². The van der Waals surface area contributed by atoms with Crippen LogP contribution in [0.15, 0.2) is 24.3 Å². The predicted molar refractivity (Wildman–Crippen MR) is 130 cm³/mol. The number of benzene rings is 1. The molecule has 1 spiro atoms. The normalized spacial score (nSPS) is 30.9. The Bertz CT molecular complexity index is 953. The van der Waals surface area contributed by atoms with Gasteiger partial charge in [-0.1, -0.05) is 13.3 Å². The predicted octanol–water partition coefficient (Wildman–Crippen LogP) is 2.09. The zero-order valence-electron chi connectivity index (χ0n) is 20.8. The van der Waals surface area contributed by atoms with E-state index in [4.69, 9.17) is 9.47 Å². The van der Waals surface area contributed by atoms with E-state index in [2.05, 4.69) is 10.6 Å². The minimum absolute atomic E-state index is 0.0914. The van der Waals surface area contributed by atoms with Gasteiger partial charge in [0.2, 0.25) is 17.7 Å². The van der Waals surface area contributed by atoms with Crippen molar-refractivity contribution in [2.45, 2.75) is 70.1 Å². The smallest absolute Gasteiger partial charge is 0.245 e. The Kier molecular flexibility index (Phi) is 7.38. The van der Waals surface area contributed by atoms with E-state index in [-0.39, 0.29) is 30.9 Å². The average Bonchev–Trinajstić information content (AvgIpc) is 3.40. The van der Waals surface area contributed by atoms with Gasteiger partial charge in [0.25, 0.3) is 0 Å². The molecule has 3 N–H and O–H groups in total. The Balaban J connectivity index is 1.61. The highest BCUT2D eigenvalue weighted by Gasteiger charge is 2.77. The van der Waals surface area contributed by atoms with Crippen molar-refractivity contribution in [3.8, 4) is 5.75 Å². The molecule has 4 rings (SSSR count). The fourth-order valence-corrected chi connectivity index (χ4v) is 6.11. The summed E-state index contributed by atoms with van der Waals surface area (Å²) in [6, 6.07) is 6.29. The molecule has 2 bridgehead atoms. The molecular weight excluding hydrogens is 450 g/mol. The Hall–Kier alpha value is -2.65. The van der Waals surface area contributed by atoms with Crippen LogP contribution in [0, 0.1) is 11.8 Å². The fraction of sp³-hybridized carbons (Fsp3) is 0.654. The molecule has 3 amide bonds. The Labute approximate surface area is 206 Å². The number of amides is 3. The van der Waals surface area contributed by atoms with Crippen LogP contribution in [0.5, 0.6) is 5.75 Å². The lowest BCUT2D eigenvalue weighted by Gasteiger charge is -2.33. The van der Waals surface area contributed by atoms with Gasteiger partial charge in [0.1, 0.15) is 17.4 Å². The molecule has 0 saturated carbocycles. The summed E-state index contributed by atoms with van der Waals surface area (Å²) in [6.07, 6.45) is 3.26. The molecule has 3 aliphatic rings. The summed E-state index contributed by atoms with van der Waals surface area (Å²) in [6.45, 7) is 7.05. The van der Waals surface area contributed by atoms with Gasteiger partial charge in [0.15, 0.2) is 0 Å². The number of likely N-dealkylation sites (tertiary alicyclic amines) is 1. The van der Waals surface area contributed by atoms with Crippen LogP contribution in [-0.2, 0) is 19.1 Å². The maximum atomic E-state index is 13.7. The first-order chi connectivity index (χ1) is 16.8. The van der Waals surface area contributed by atoms with E-state index in [1.165, 1.54) is 4.90 Å². The number of nitrogens with one attached hydrogen (secondary N) is 2. The summed E-state index contributed by atoms with van der Waals surface area (Å²) in [5, 5.41) is 15.3. The molecule has 35 heavy (non-hydrogen) atoms. The van der Waals surface area contributed by atoms with Gasteiger partial charge in [-0.15, -0.1) is 0 Å². The summed E-state index contributed by atoms with van der Waals surface area (Å²) in [5.74, 6) is -1.54. The zero-order valence-corrected chi connectivity index (χ0v) is 20.8. The Morgan fingerprint density at radius 1 is 1.17 bits per heavy atom. The highest BCUT2D eigenvalue weighted by atomic mass is 16.5. The SMILES string of the molecule is CCCCNC(=O)C1N(CCCO)C(=O)[C@@H]2[C@H](C(=O)Nc3ccc(OCC)cc3)[C@]3(C)CCC12O3. The number of aliphatic hydroxyl groups excluding tert-OH is 1. The van der Waals surface area contributed by atoms with Crippen molar-refractivity contribution in [2.24, 2.45) is 11.8 Å². The van der Waals surface area contributed by atoms with Crippen LogP contribution < -0.4 is 15.4 Å². The van der Waals surface area contributed by atoms with E-state index in [1.807, 2.05) is 20.8 Å². The lowest BCUT2D eigenvalue weighted by molar-refractivity contribution is -0.145. The minimum Gasteiger partial charge on any atom is -0.494 e. The number of hydrogen-bond donors (Lipinski definition) is 3. The minimum atomic E-state index is -1.04. The second-order valence-corrected chi connectivity index (χ2v) is 9.93. The first kappa shape index (κ1) is 25.4. The second kappa shape index (κ2) is 10.1. The van der Waals surface area contributed by atoms with Crippen molar-refractivity contribution in [2.75, 3.05) is 31.6 Å². The first-order valence-corrected chi connectivity index (χ1v) is 12.7. The molecule has 0 aliphatic carbocycles. The Morgan fingerprint density at radius 2 is 1.91 bits per heavy atom. The summed E-state index contributed by atoms with van der Waals surface area (Å²) in [5.41, 5.74) is -1.27. The van der Waals surface area contributed by atoms with Crippen molar-refractivity contribution in [1.82, 2.24) is 10.2 Å². The van der Waals surface area contributed by atoms with Crippen molar-refractivity contribution in [1.29, 1.82) is 0 Å². The standard InChI is InChI=1S/C26H37N3O6/c1-4-6-14-27-23(32)21-26-13-12-25(3,35-26)19(20(26)24(33)29(21)15-7-16-30)22(31)28-17-8-10-18(11-9-17)34-5-2/h8-11,19-21,30H,4-7,12-16H2,1-3H3,(H,27,32)(H,28,31)/t19-,20+,21?,25+,26?/m1/s1.